The third-order valence-corrected chi connectivity index (χ3v) is 4.19. The fraction of sp³-hybridized carbons (Fsp3) is 0.462. The van der Waals surface area contributed by atoms with Crippen LogP contribution in [0.4, 0.5) is 5.69 Å². The van der Waals surface area contributed by atoms with E-state index in [1.54, 1.807) is 12.3 Å². The van der Waals surface area contributed by atoms with Crippen molar-refractivity contribution in [3.8, 4) is 0 Å². The average Bonchev–Trinajstić information content (AvgIpc) is 2.58. The summed E-state index contributed by atoms with van der Waals surface area (Å²) in [6.07, 6.45) is 0.486. The van der Waals surface area contributed by atoms with Gasteiger partial charge in [0.25, 0.3) is 0 Å². The van der Waals surface area contributed by atoms with E-state index >= 15 is 0 Å². The summed E-state index contributed by atoms with van der Waals surface area (Å²) in [7, 11) is 0. The van der Waals surface area contributed by atoms with E-state index in [9.17, 15) is 14.4 Å². The number of thiophene rings is 1. The molecule has 1 N–H and O–H groups in total. The average molecular weight is 281 g/mol. The van der Waals surface area contributed by atoms with Crippen molar-refractivity contribution < 1.29 is 19.5 Å². The SMILES string of the molecule is Cc1csc(C(=O)O)c1N1C(=O)CC(C)(C)CC1=O. The Hall–Kier alpha value is -1.69. The Balaban J connectivity index is 2.48. The van der Waals surface area contributed by atoms with Gasteiger partial charge in [-0.1, -0.05) is 13.8 Å². The molecule has 1 aromatic rings. The quantitative estimate of drug-likeness (QED) is 0.845. The smallest absolute Gasteiger partial charge is 0.348 e. The molecule has 0 atom stereocenters. The van der Waals surface area contributed by atoms with E-state index in [0.29, 0.717) is 5.56 Å². The molecule has 5 nitrogen and oxygen atoms in total. The number of carboxylic acids is 1. The number of rotatable bonds is 2. The van der Waals surface area contributed by atoms with Crippen LogP contribution >= 0.6 is 11.3 Å². The Bertz CT molecular complexity index is 553. The highest BCUT2D eigenvalue weighted by Gasteiger charge is 2.40. The molecular formula is C13H15NO4S. The van der Waals surface area contributed by atoms with Gasteiger partial charge in [-0.3, -0.25) is 9.59 Å². The van der Waals surface area contributed by atoms with Crippen molar-refractivity contribution in [2.45, 2.75) is 33.6 Å². The summed E-state index contributed by atoms with van der Waals surface area (Å²) in [6, 6.07) is 0. The van der Waals surface area contributed by atoms with Crippen LogP contribution in [0, 0.1) is 12.3 Å². The van der Waals surface area contributed by atoms with Crippen LogP contribution in [0.15, 0.2) is 5.38 Å². The molecule has 19 heavy (non-hydrogen) atoms. The topological polar surface area (TPSA) is 74.7 Å². The van der Waals surface area contributed by atoms with Gasteiger partial charge < -0.3 is 5.11 Å². The van der Waals surface area contributed by atoms with Crippen molar-refractivity contribution in [1.29, 1.82) is 0 Å². The van der Waals surface area contributed by atoms with Gasteiger partial charge >= 0.3 is 5.97 Å². The molecule has 0 aliphatic carbocycles. The zero-order valence-corrected chi connectivity index (χ0v) is 11.8. The summed E-state index contributed by atoms with van der Waals surface area (Å²) in [6.45, 7) is 5.43. The number of nitrogens with zero attached hydrogens (tertiary/aromatic N) is 1. The number of aryl methyl sites for hydroxylation is 1. The van der Waals surface area contributed by atoms with Crippen LogP contribution in [0.3, 0.4) is 0 Å². The number of carboxylic acid groups (broad SMARTS) is 1. The Labute approximate surface area is 114 Å². The van der Waals surface area contributed by atoms with Crippen LogP contribution < -0.4 is 4.90 Å². The maximum absolute atomic E-state index is 12.2. The standard InChI is InChI=1S/C13H15NO4S/c1-7-6-19-11(12(17)18)10(7)14-8(15)4-13(2,3)5-9(14)16/h6H,4-5H2,1-3H3,(H,17,18). The van der Waals surface area contributed by atoms with Crippen LogP contribution in [-0.4, -0.2) is 22.9 Å². The van der Waals surface area contributed by atoms with Crippen LogP contribution in [0.1, 0.15) is 41.9 Å². The number of carbonyl (C=O) groups excluding carboxylic acids is 2. The van der Waals surface area contributed by atoms with Gasteiger partial charge in [0.15, 0.2) is 0 Å². The minimum Gasteiger partial charge on any atom is -0.477 e. The van der Waals surface area contributed by atoms with Crippen LogP contribution in [0.25, 0.3) is 0 Å². The second-order valence-electron chi connectivity index (χ2n) is 5.54. The number of piperidine rings is 1. The van der Waals surface area contributed by atoms with E-state index in [4.69, 9.17) is 5.11 Å². The Kier molecular flexibility index (Phi) is 3.22. The molecule has 0 unspecified atom stereocenters. The molecular weight excluding hydrogens is 266 g/mol. The van der Waals surface area contributed by atoms with E-state index in [1.165, 1.54) is 0 Å². The van der Waals surface area contributed by atoms with Crippen molar-refractivity contribution in [3.05, 3.63) is 15.8 Å². The van der Waals surface area contributed by atoms with E-state index in [1.807, 2.05) is 13.8 Å². The monoisotopic (exact) mass is 281 g/mol. The highest BCUT2D eigenvalue weighted by Crippen LogP contribution is 2.38. The second-order valence-corrected chi connectivity index (χ2v) is 6.42. The molecule has 2 amide bonds. The summed E-state index contributed by atoms with van der Waals surface area (Å²) in [5.41, 5.74) is 0.518. The molecule has 1 saturated heterocycles. The molecule has 0 saturated carbocycles. The van der Waals surface area contributed by atoms with Crippen molar-refractivity contribution in [3.63, 3.8) is 0 Å². The second kappa shape index (κ2) is 4.45. The first-order valence-corrected chi connectivity index (χ1v) is 6.78. The predicted molar refractivity (Wildman–Crippen MR) is 71.5 cm³/mol. The van der Waals surface area contributed by atoms with E-state index in [0.717, 1.165) is 16.2 Å². The number of imide groups is 1. The van der Waals surface area contributed by atoms with E-state index in [2.05, 4.69) is 0 Å². The van der Waals surface area contributed by atoms with E-state index in [-0.39, 0.29) is 40.6 Å². The molecule has 0 bridgehead atoms. The molecule has 6 heteroatoms. The van der Waals surface area contributed by atoms with Crippen molar-refractivity contribution in [2.24, 2.45) is 5.41 Å². The maximum atomic E-state index is 12.2. The summed E-state index contributed by atoms with van der Waals surface area (Å²) >= 11 is 1.04. The number of amides is 2. The summed E-state index contributed by atoms with van der Waals surface area (Å²) in [4.78, 5) is 36.6. The molecule has 1 aromatic heterocycles. The zero-order chi connectivity index (χ0) is 14.4. The van der Waals surface area contributed by atoms with E-state index < -0.39 is 5.97 Å². The first-order valence-electron chi connectivity index (χ1n) is 5.90. The number of hydrogen-bond donors (Lipinski definition) is 1. The van der Waals surface area contributed by atoms with Crippen LogP contribution in [-0.2, 0) is 9.59 Å². The van der Waals surface area contributed by atoms with Gasteiger partial charge in [0.1, 0.15) is 4.88 Å². The van der Waals surface area contributed by atoms with Gasteiger partial charge in [0, 0.05) is 12.8 Å². The van der Waals surface area contributed by atoms with Gasteiger partial charge in [-0.05, 0) is 23.3 Å². The van der Waals surface area contributed by atoms with Gasteiger partial charge in [-0.25, -0.2) is 9.69 Å². The van der Waals surface area contributed by atoms with Crippen molar-refractivity contribution in [2.75, 3.05) is 4.90 Å². The Morgan fingerprint density at radius 3 is 2.32 bits per heavy atom. The summed E-state index contributed by atoms with van der Waals surface area (Å²) in [5, 5.41) is 10.8. The number of anilines is 1. The first kappa shape index (κ1) is 13.7. The lowest BCUT2D eigenvalue weighted by Crippen LogP contribution is -2.46. The normalized spacial score (nSPS) is 18.8. The first-order chi connectivity index (χ1) is 8.73. The molecule has 1 fully saturated rings. The molecule has 2 heterocycles. The lowest BCUT2D eigenvalue weighted by atomic mass is 9.81. The van der Waals surface area contributed by atoms with Crippen LogP contribution in [0.5, 0.6) is 0 Å². The highest BCUT2D eigenvalue weighted by molar-refractivity contribution is 7.12. The molecule has 0 radical (unpaired) electrons. The molecule has 0 aromatic carbocycles. The fourth-order valence-electron chi connectivity index (χ4n) is 2.30. The largest absolute Gasteiger partial charge is 0.477 e. The number of aromatic carboxylic acids is 1. The van der Waals surface area contributed by atoms with Crippen LogP contribution in [0.2, 0.25) is 0 Å². The summed E-state index contributed by atoms with van der Waals surface area (Å²) < 4.78 is 0. The van der Waals surface area contributed by atoms with Crippen molar-refractivity contribution in [1.82, 2.24) is 0 Å². The van der Waals surface area contributed by atoms with Crippen molar-refractivity contribution >= 4 is 34.8 Å². The molecule has 1 aliphatic heterocycles. The Morgan fingerprint density at radius 2 is 1.84 bits per heavy atom. The third-order valence-electron chi connectivity index (χ3n) is 3.12. The molecule has 2 rings (SSSR count). The highest BCUT2D eigenvalue weighted by atomic mass is 32.1. The van der Waals surface area contributed by atoms with Gasteiger partial charge in [-0.2, -0.15) is 0 Å². The molecule has 102 valence electrons. The number of carbonyl (C=O) groups is 3. The molecule has 0 spiro atoms. The predicted octanol–water partition coefficient (Wildman–Crippen LogP) is 2.43. The minimum atomic E-state index is -1.11. The van der Waals surface area contributed by atoms with Gasteiger partial charge in [-0.15, -0.1) is 11.3 Å². The summed E-state index contributed by atoms with van der Waals surface area (Å²) in [5.74, 6) is -1.77. The van der Waals surface area contributed by atoms with Gasteiger partial charge in [0.2, 0.25) is 11.8 Å². The fourth-order valence-corrected chi connectivity index (χ4v) is 3.17. The lowest BCUT2D eigenvalue weighted by Gasteiger charge is -2.34. The van der Waals surface area contributed by atoms with Gasteiger partial charge in [0.05, 0.1) is 5.69 Å². The molecule has 1 aliphatic rings. The third kappa shape index (κ3) is 2.40. The minimum absolute atomic E-state index is 0.0407. The lowest BCUT2D eigenvalue weighted by molar-refractivity contribution is -0.132. The Morgan fingerprint density at radius 1 is 1.32 bits per heavy atom. The maximum Gasteiger partial charge on any atom is 0.348 e. The number of hydrogen-bond acceptors (Lipinski definition) is 4. The zero-order valence-electron chi connectivity index (χ0n) is 11.0.